The van der Waals surface area contributed by atoms with Crippen LogP contribution in [0.1, 0.15) is 57.2 Å². The third kappa shape index (κ3) is 4.29. The highest BCUT2D eigenvalue weighted by molar-refractivity contribution is 5.91. The molecule has 2 aromatic rings. The molecule has 2 aromatic carbocycles. The van der Waals surface area contributed by atoms with E-state index in [2.05, 4.69) is 79.2 Å². The summed E-state index contributed by atoms with van der Waals surface area (Å²) in [7, 11) is 0. The van der Waals surface area contributed by atoms with Gasteiger partial charge in [0.1, 0.15) is 0 Å². The van der Waals surface area contributed by atoms with Crippen LogP contribution in [-0.2, 0) is 0 Å². The van der Waals surface area contributed by atoms with Crippen LogP contribution in [0.2, 0.25) is 0 Å². The van der Waals surface area contributed by atoms with Gasteiger partial charge in [0.15, 0.2) is 0 Å². The minimum absolute atomic E-state index is 0.427. The molecule has 0 aromatic heterocycles. The molecule has 0 saturated carbocycles. The van der Waals surface area contributed by atoms with Crippen LogP contribution in [0.5, 0.6) is 0 Å². The molecule has 0 spiro atoms. The summed E-state index contributed by atoms with van der Waals surface area (Å²) < 4.78 is 0. The second-order valence-corrected chi connectivity index (χ2v) is 7.35. The Morgan fingerprint density at radius 1 is 1.08 bits per heavy atom. The van der Waals surface area contributed by atoms with Gasteiger partial charge in [0, 0.05) is 17.5 Å². The van der Waals surface area contributed by atoms with Crippen molar-refractivity contribution in [3.05, 3.63) is 47.5 Å². The van der Waals surface area contributed by atoms with Gasteiger partial charge in [-0.15, -0.1) is 0 Å². The molecule has 0 bridgehead atoms. The van der Waals surface area contributed by atoms with Crippen LogP contribution < -0.4 is 5.32 Å². The SMILES string of the molecule is CCCN(CC)C(C)c1ccc(C#CC2CCNCC2)c2ccccc12. The molecule has 1 N–H and O–H groups in total. The monoisotopic (exact) mass is 348 g/mol. The van der Waals surface area contributed by atoms with Crippen molar-refractivity contribution >= 4 is 10.8 Å². The maximum Gasteiger partial charge on any atom is 0.0325 e. The van der Waals surface area contributed by atoms with Crippen molar-refractivity contribution in [2.75, 3.05) is 26.2 Å². The molecule has 2 nitrogen and oxygen atoms in total. The topological polar surface area (TPSA) is 15.3 Å². The molecule has 26 heavy (non-hydrogen) atoms. The second kappa shape index (κ2) is 9.21. The molecule has 2 heteroatoms. The molecule has 1 fully saturated rings. The second-order valence-electron chi connectivity index (χ2n) is 7.35. The lowest BCUT2D eigenvalue weighted by Gasteiger charge is -2.29. The zero-order valence-corrected chi connectivity index (χ0v) is 16.5. The van der Waals surface area contributed by atoms with Crippen LogP contribution in [0.15, 0.2) is 36.4 Å². The first-order valence-corrected chi connectivity index (χ1v) is 10.2. The Bertz CT molecular complexity index is 778. The number of piperidine rings is 1. The maximum absolute atomic E-state index is 3.53. The lowest BCUT2D eigenvalue weighted by molar-refractivity contribution is 0.223. The first-order valence-electron chi connectivity index (χ1n) is 10.2. The van der Waals surface area contributed by atoms with Crippen LogP contribution in [0, 0.1) is 17.8 Å². The van der Waals surface area contributed by atoms with E-state index >= 15 is 0 Å². The largest absolute Gasteiger partial charge is 0.317 e. The van der Waals surface area contributed by atoms with E-state index in [-0.39, 0.29) is 0 Å². The number of nitrogens with one attached hydrogen (secondary N) is 1. The molecule has 1 atom stereocenters. The molecule has 0 aliphatic carbocycles. The fourth-order valence-electron chi connectivity index (χ4n) is 4.05. The van der Waals surface area contributed by atoms with Crippen LogP contribution >= 0.6 is 0 Å². The summed E-state index contributed by atoms with van der Waals surface area (Å²) in [5.41, 5.74) is 2.59. The third-order valence-corrected chi connectivity index (χ3v) is 5.62. The predicted octanol–water partition coefficient (Wildman–Crippen LogP) is 4.98. The number of rotatable bonds is 5. The normalized spacial score (nSPS) is 16.5. The van der Waals surface area contributed by atoms with Gasteiger partial charge in [-0.1, -0.05) is 56.0 Å². The van der Waals surface area contributed by atoms with Gasteiger partial charge < -0.3 is 5.32 Å². The molecule has 0 amide bonds. The van der Waals surface area contributed by atoms with E-state index in [1.165, 1.54) is 41.2 Å². The standard InChI is InChI=1S/C24H32N2/c1-4-18-26(5-2)19(3)22-13-12-21(23-8-6-7-9-24(22)23)11-10-20-14-16-25-17-15-20/h6-9,12-13,19-20,25H,4-5,14-18H2,1-3H3. The molecule has 1 aliphatic heterocycles. The highest BCUT2D eigenvalue weighted by atomic mass is 15.1. The zero-order valence-electron chi connectivity index (χ0n) is 16.5. The molecule has 0 radical (unpaired) electrons. The summed E-state index contributed by atoms with van der Waals surface area (Å²) in [5.74, 6) is 7.57. The Kier molecular flexibility index (Phi) is 6.72. The Labute approximate surface area is 159 Å². The number of fused-ring (bicyclic) bond motifs is 1. The van der Waals surface area contributed by atoms with E-state index in [1.54, 1.807) is 0 Å². The van der Waals surface area contributed by atoms with Gasteiger partial charge in [0.05, 0.1) is 0 Å². The summed E-state index contributed by atoms with van der Waals surface area (Å²) in [4.78, 5) is 2.56. The van der Waals surface area contributed by atoms with Gasteiger partial charge in [-0.3, -0.25) is 4.90 Å². The van der Waals surface area contributed by atoms with E-state index in [4.69, 9.17) is 0 Å². The smallest absolute Gasteiger partial charge is 0.0325 e. The lowest BCUT2D eigenvalue weighted by atomic mass is 9.94. The third-order valence-electron chi connectivity index (χ3n) is 5.62. The van der Waals surface area contributed by atoms with Crippen molar-refractivity contribution in [3.8, 4) is 11.8 Å². The summed E-state index contributed by atoms with van der Waals surface area (Å²) in [5, 5.41) is 6.07. The summed E-state index contributed by atoms with van der Waals surface area (Å²) >= 11 is 0. The van der Waals surface area contributed by atoms with E-state index in [0.717, 1.165) is 26.2 Å². The van der Waals surface area contributed by atoms with Crippen LogP contribution in [-0.4, -0.2) is 31.1 Å². The van der Waals surface area contributed by atoms with E-state index in [1.807, 2.05) is 0 Å². The average molecular weight is 349 g/mol. The average Bonchev–Trinajstić information content (AvgIpc) is 2.70. The lowest BCUT2D eigenvalue weighted by Crippen LogP contribution is -2.27. The predicted molar refractivity (Wildman–Crippen MR) is 112 cm³/mol. The highest BCUT2D eigenvalue weighted by Crippen LogP contribution is 2.30. The van der Waals surface area contributed by atoms with Gasteiger partial charge in [0.2, 0.25) is 0 Å². The van der Waals surface area contributed by atoms with E-state index < -0.39 is 0 Å². The van der Waals surface area contributed by atoms with Crippen LogP contribution in [0.4, 0.5) is 0 Å². The molecular formula is C24H32N2. The van der Waals surface area contributed by atoms with Gasteiger partial charge in [-0.2, -0.15) is 0 Å². The van der Waals surface area contributed by atoms with Crippen LogP contribution in [0.25, 0.3) is 10.8 Å². The molecular weight excluding hydrogens is 316 g/mol. The number of hydrogen-bond donors (Lipinski definition) is 1. The Morgan fingerprint density at radius 3 is 2.50 bits per heavy atom. The molecule has 1 aliphatic rings. The Hall–Kier alpha value is -1.82. The van der Waals surface area contributed by atoms with Gasteiger partial charge in [0.25, 0.3) is 0 Å². The Morgan fingerprint density at radius 2 is 1.81 bits per heavy atom. The van der Waals surface area contributed by atoms with Gasteiger partial charge in [-0.25, -0.2) is 0 Å². The fraction of sp³-hybridized carbons (Fsp3) is 0.500. The number of nitrogens with zero attached hydrogens (tertiary/aromatic N) is 1. The zero-order chi connectivity index (χ0) is 18.4. The summed E-state index contributed by atoms with van der Waals surface area (Å²) in [6, 6.07) is 13.7. The quantitative estimate of drug-likeness (QED) is 0.766. The first-order chi connectivity index (χ1) is 12.7. The van der Waals surface area contributed by atoms with Crippen molar-refractivity contribution in [2.24, 2.45) is 5.92 Å². The van der Waals surface area contributed by atoms with Gasteiger partial charge >= 0.3 is 0 Å². The molecule has 1 saturated heterocycles. The molecule has 138 valence electrons. The first kappa shape index (κ1) is 19.0. The summed E-state index contributed by atoms with van der Waals surface area (Å²) in [6.45, 7) is 11.3. The minimum atomic E-state index is 0.427. The van der Waals surface area contributed by atoms with Crippen molar-refractivity contribution < 1.29 is 0 Å². The molecule has 1 heterocycles. The van der Waals surface area contributed by atoms with Gasteiger partial charge in [-0.05, 0) is 74.8 Å². The summed E-state index contributed by atoms with van der Waals surface area (Å²) in [6.07, 6.45) is 3.53. The number of hydrogen-bond acceptors (Lipinski definition) is 2. The van der Waals surface area contributed by atoms with E-state index in [9.17, 15) is 0 Å². The fourth-order valence-corrected chi connectivity index (χ4v) is 4.05. The van der Waals surface area contributed by atoms with Crippen molar-refractivity contribution in [1.29, 1.82) is 0 Å². The van der Waals surface area contributed by atoms with Crippen molar-refractivity contribution in [1.82, 2.24) is 10.2 Å². The minimum Gasteiger partial charge on any atom is -0.317 e. The molecule has 3 rings (SSSR count). The van der Waals surface area contributed by atoms with Crippen molar-refractivity contribution in [2.45, 2.75) is 46.1 Å². The highest BCUT2D eigenvalue weighted by Gasteiger charge is 2.17. The Balaban J connectivity index is 1.95. The number of benzene rings is 2. The van der Waals surface area contributed by atoms with Crippen LogP contribution in [0.3, 0.4) is 0 Å². The maximum atomic E-state index is 3.53. The molecule has 1 unspecified atom stereocenters. The van der Waals surface area contributed by atoms with E-state index in [0.29, 0.717) is 12.0 Å². The van der Waals surface area contributed by atoms with Crippen molar-refractivity contribution in [3.63, 3.8) is 0 Å².